The minimum Gasteiger partial charge on any atom is -0.352 e. The summed E-state index contributed by atoms with van der Waals surface area (Å²) in [6.45, 7) is 0.858. The lowest BCUT2D eigenvalue weighted by Crippen LogP contribution is -2.24. The average Bonchev–Trinajstić information content (AvgIpc) is 2.33. The molecule has 0 aromatic heterocycles. The van der Waals surface area contributed by atoms with Crippen LogP contribution in [0.3, 0.4) is 0 Å². The predicted molar refractivity (Wildman–Crippen MR) is 67.0 cm³/mol. The number of rotatable bonds is 6. The van der Waals surface area contributed by atoms with Crippen LogP contribution < -0.4 is 5.32 Å². The van der Waals surface area contributed by atoms with Crippen molar-refractivity contribution in [3.8, 4) is 0 Å². The van der Waals surface area contributed by atoms with Crippen LogP contribution in [0.5, 0.6) is 0 Å². The molecule has 0 saturated heterocycles. The van der Waals surface area contributed by atoms with E-state index in [2.05, 4.69) is 15.3 Å². The molecule has 0 aliphatic rings. The summed E-state index contributed by atoms with van der Waals surface area (Å²) in [4.78, 5) is 14.3. The number of nitrogens with zero attached hydrogens (tertiary/aromatic N) is 3. The molecule has 1 rings (SSSR count). The molecule has 0 aliphatic heterocycles. The lowest BCUT2D eigenvalue weighted by Gasteiger charge is -2.06. The molecular weight excluding hydrogens is 259 g/mol. The van der Waals surface area contributed by atoms with Gasteiger partial charge in [0, 0.05) is 18.0 Å². The molecule has 0 spiro atoms. The van der Waals surface area contributed by atoms with E-state index in [0.717, 1.165) is 6.07 Å². The molecule has 96 valence electrons. The van der Waals surface area contributed by atoms with Gasteiger partial charge in [-0.2, -0.15) is 0 Å². The van der Waals surface area contributed by atoms with Gasteiger partial charge in [0.2, 0.25) is 0 Å². The van der Waals surface area contributed by atoms with E-state index in [9.17, 15) is 9.18 Å². The molecule has 1 aromatic carbocycles. The van der Waals surface area contributed by atoms with Crippen LogP contribution in [0.4, 0.5) is 4.39 Å². The molecule has 0 heterocycles. The quantitative estimate of drug-likeness (QED) is 0.366. The van der Waals surface area contributed by atoms with E-state index >= 15 is 0 Å². The van der Waals surface area contributed by atoms with Crippen molar-refractivity contribution < 1.29 is 9.18 Å². The highest BCUT2D eigenvalue weighted by molar-refractivity contribution is 6.33. The maximum Gasteiger partial charge on any atom is 0.252 e. The van der Waals surface area contributed by atoms with E-state index in [4.69, 9.17) is 17.1 Å². The van der Waals surface area contributed by atoms with Crippen LogP contribution in [0, 0.1) is 5.82 Å². The van der Waals surface area contributed by atoms with Crippen molar-refractivity contribution in [2.24, 2.45) is 5.11 Å². The Labute approximate surface area is 109 Å². The summed E-state index contributed by atoms with van der Waals surface area (Å²) in [6, 6.07) is 3.62. The SMILES string of the molecule is [N-]=[N+]=NCCCCNC(=O)c1ccc(F)cc1Cl. The molecule has 0 radical (unpaired) electrons. The van der Waals surface area contributed by atoms with Gasteiger partial charge in [-0.25, -0.2) is 4.39 Å². The lowest BCUT2D eigenvalue weighted by atomic mass is 10.2. The summed E-state index contributed by atoms with van der Waals surface area (Å²) < 4.78 is 12.8. The average molecular weight is 271 g/mol. The Balaban J connectivity index is 2.38. The van der Waals surface area contributed by atoms with Crippen LogP contribution in [0.2, 0.25) is 5.02 Å². The summed E-state index contributed by atoms with van der Waals surface area (Å²) in [7, 11) is 0. The number of amides is 1. The van der Waals surface area contributed by atoms with E-state index in [1.807, 2.05) is 0 Å². The van der Waals surface area contributed by atoms with Crippen molar-refractivity contribution in [3.05, 3.63) is 45.0 Å². The van der Waals surface area contributed by atoms with Gasteiger partial charge < -0.3 is 5.32 Å². The smallest absolute Gasteiger partial charge is 0.252 e. The predicted octanol–water partition coefficient (Wildman–Crippen LogP) is 3.30. The summed E-state index contributed by atoms with van der Waals surface area (Å²) in [5.41, 5.74) is 8.30. The molecule has 5 nitrogen and oxygen atoms in total. The van der Waals surface area contributed by atoms with Gasteiger partial charge in [-0.05, 0) is 36.6 Å². The first-order chi connectivity index (χ1) is 8.65. The number of carbonyl (C=O) groups is 1. The summed E-state index contributed by atoms with van der Waals surface area (Å²) >= 11 is 5.75. The zero-order valence-electron chi connectivity index (χ0n) is 9.57. The third-order valence-electron chi connectivity index (χ3n) is 2.21. The minimum atomic E-state index is -0.481. The zero-order chi connectivity index (χ0) is 13.4. The van der Waals surface area contributed by atoms with Gasteiger partial charge in [-0.1, -0.05) is 16.7 Å². The Morgan fingerprint density at radius 2 is 2.28 bits per heavy atom. The highest BCUT2D eigenvalue weighted by atomic mass is 35.5. The van der Waals surface area contributed by atoms with Crippen molar-refractivity contribution >= 4 is 17.5 Å². The Kier molecular flexibility index (Phi) is 5.97. The largest absolute Gasteiger partial charge is 0.352 e. The number of halogens is 2. The van der Waals surface area contributed by atoms with Crippen molar-refractivity contribution in [3.63, 3.8) is 0 Å². The van der Waals surface area contributed by atoms with Crippen LogP contribution >= 0.6 is 11.6 Å². The number of benzene rings is 1. The third-order valence-corrected chi connectivity index (χ3v) is 2.52. The molecule has 0 bridgehead atoms. The van der Waals surface area contributed by atoms with E-state index in [1.54, 1.807) is 0 Å². The maximum absolute atomic E-state index is 12.8. The number of unbranched alkanes of at least 4 members (excludes halogenated alkanes) is 1. The van der Waals surface area contributed by atoms with E-state index in [0.29, 0.717) is 25.9 Å². The molecule has 0 fully saturated rings. The number of hydrogen-bond donors (Lipinski definition) is 1. The topological polar surface area (TPSA) is 77.9 Å². The van der Waals surface area contributed by atoms with E-state index in [-0.39, 0.29) is 16.5 Å². The van der Waals surface area contributed by atoms with Gasteiger partial charge in [0.25, 0.3) is 5.91 Å². The molecule has 0 unspecified atom stereocenters. The number of carbonyl (C=O) groups excluding carboxylic acids is 1. The first kappa shape index (κ1) is 14.3. The van der Waals surface area contributed by atoms with Crippen molar-refractivity contribution in [2.45, 2.75) is 12.8 Å². The number of azide groups is 1. The van der Waals surface area contributed by atoms with Gasteiger partial charge in [-0.15, -0.1) is 0 Å². The van der Waals surface area contributed by atoms with Crippen LogP contribution in [-0.4, -0.2) is 19.0 Å². The second-order valence-electron chi connectivity index (χ2n) is 3.54. The second kappa shape index (κ2) is 7.53. The van der Waals surface area contributed by atoms with Crippen LogP contribution in [0.15, 0.2) is 23.3 Å². The Hall–Kier alpha value is -1.78. The lowest BCUT2D eigenvalue weighted by molar-refractivity contribution is 0.0953. The third kappa shape index (κ3) is 4.61. The Bertz CT molecular complexity index is 474. The monoisotopic (exact) mass is 270 g/mol. The normalized spacial score (nSPS) is 9.67. The molecule has 1 aromatic rings. The van der Waals surface area contributed by atoms with Crippen LogP contribution in [0.25, 0.3) is 10.4 Å². The molecule has 7 heteroatoms. The van der Waals surface area contributed by atoms with Crippen LogP contribution in [0.1, 0.15) is 23.2 Å². The fraction of sp³-hybridized carbons (Fsp3) is 0.364. The first-order valence-corrected chi connectivity index (χ1v) is 5.77. The molecule has 1 amide bonds. The standard InChI is InChI=1S/C11H12ClFN4O/c12-10-7-8(13)3-4-9(10)11(18)15-5-1-2-6-16-17-14/h3-4,7H,1-2,5-6H2,(H,15,18). The van der Waals surface area contributed by atoms with Gasteiger partial charge in [-0.3, -0.25) is 4.79 Å². The second-order valence-corrected chi connectivity index (χ2v) is 3.95. The van der Waals surface area contributed by atoms with Gasteiger partial charge in [0.05, 0.1) is 10.6 Å². The molecule has 18 heavy (non-hydrogen) atoms. The maximum atomic E-state index is 12.8. The Morgan fingerprint density at radius 3 is 2.94 bits per heavy atom. The molecule has 1 N–H and O–H groups in total. The summed E-state index contributed by atoms with van der Waals surface area (Å²) in [5.74, 6) is -0.824. The molecule has 0 aliphatic carbocycles. The van der Waals surface area contributed by atoms with Crippen molar-refractivity contribution in [1.29, 1.82) is 0 Å². The van der Waals surface area contributed by atoms with Gasteiger partial charge in [0.15, 0.2) is 0 Å². The highest BCUT2D eigenvalue weighted by Crippen LogP contribution is 2.16. The van der Waals surface area contributed by atoms with Crippen LogP contribution in [-0.2, 0) is 0 Å². The van der Waals surface area contributed by atoms with Crippen molar-refractivity contribution in [1.82, 2.24) is 5.32 Å². The fourth-order valence-electron chi connectivity index (χ4n) is 1.32. The van der Waals surface area contributed by atoms with Gasteiger partial charge >= 0.3 is 0 Å². The van der Waals surface area contributed by atoms with Crippen molar-refractivity contribution in [2.75, 3.05) is 13.1 Å². The molecule has 0 atom stereocenters. The molecular formula is C11H12ClFN4O. The molecule has 0 saturated carbocycles. The first-order valence-electron chi connectivity index (χ1n) is 5.39. The Morgan fingerprint density at radius 1 is 1.50 bits per heavy atom. The highest BCUT2D eigenvalue weighted by Gasteiger charge is 2.09. The minimum absolute atomic E-state index is 0.0848. The zero-order valence-corrected chi connectivity index (χ0v) is 10.3. The van der Waals surface area contributed by atoms with E-state index in [1.165, 1.54) is 12.1 Å². The number of nitrogens with one attached hydrogen (secondary N) is 1. The summed E-state index contributed by atoms with van der Waals surface area (Å²) in [6.07, 6.45) is 1.39. The van der Waals surface area contributed by atoms with E-state index < -0.39 is 5.82 Å². The fourth-order valence-corrected chi connectivity index (χ4v) is 1.58. The summed E-state index contributed by atoms with van der Waals surface area (Å²) in [5, 5.41) is 6.12. The number of hydrogen-bond acceptors (Lipinski definition) is 2. The van der Waals surface area contributed by atoms with Gasteiger partial charge in [0.1, 0.15) is 5.82 Å².